The fourth-order valence-electron chi connectivity index (χ4n) is 6.64. The lowest BCUT2D eigenvalue weighted by Crippen LogP contribution is -2.46. The molecule has 2 unspecified atom stereocenters. The van der Waals surface area contributed by atoms with Crippen LogP contribution in [-0.4, -0.2) is 23.3 Å². The Bertz CT molecular complexity index is 796. The van der Waals surface area contributed by atoms with E-state index in [1.807, 2.05) is 12.1 Å². The number of benzene rings is 1. The third-order valence-electron chi connectivity index (χ3n) is 7.60. The molecule has 170 valence electrons. The lowest BCUT2D eigenvalue weighted by Gasteiger charge is -2.48. The maximum Gasteiger partial charge on any atom is 0.256 e. The highest BCUT2D eigenvalue weighted by atomic mass is 16.1. The second kappa shape index (κ2) is 9.22. The highest BCUT2D eigenvalue weighted by molar-refractivity contribution is 6.05. The van der Waals surface area contributed by atoms with Crippen LogP contribution in [0.4, 0.5) is 11.4 Å². The number of nitrogens with one attached hydrogen (secondary N) is 4. The molecular weight excluding hydrogens is 384 g/mol. The van der Waals surface area contributed by atoms with Gasteiger partial charge in [-0.15, -0.1) is 0 Å². The van der Waals surface area contributed by atoms with Gasteiger partial charge in [-0.1, -0.05) is 26.2 Å². The van der Waals surface area contributed by atoms with Crippen LogP contribution < -0.4 is 16.0 Å². The summed E-state index contributed by atoms with van der Waals surface area (Å²) in [7, 11) is 0. The Morgan fingerprint density at radius 2 is 1.71 bits per heavy atom. The summed E-state index contributed by atoms with van der Waals surface area (Å²) in [6.45, 7) is 6.41. The number of carbonyl (C=O) groups is 1. The molecule has 3 fully saturated rings. The Morgan fingerprint density at radius 3 is 2.35 bits per heavy atom. The minimum Gasteiger partial charge on any atom is -0.381 e. The molecule has 3 aliphatic rings. The smallest absolute Gasteiger partial charge is 0.256 e. The van der Waals surface area contributed by atoms with Gasteiger partial charge in [0.15, 0.2) is 0 Å². The first-order valence-corrected chi connectivity index (χ1v) is 12.3. The monoisotopic (exact) mass is 424 g/mol. The van der Waals surface area contributed by atoms with Gasteiger partial charge in [-0.25, -0.2) is 0 Å². The topological polar surface area (TPSA) is 77.0 Å². The number of amidine groups is 1. The number of hydrogen-bond donors (Lipinski definition) is 4. The summed E-state index contributed by atoms with van der Waals surface area (Å²) in [5.74, 6) is 2.49. The minimum atomic E-state index is -0.210. The summed E-state index contributed by atoms with van der Waals surface area (Å²) in [5.41, 5.74) is 2.86. The van der Waals surface area contributed by atoms with Crippen molar-refractivity contribution in [1.82, 2.24) is 5.32 Å². The summed E-state index contributed by atoms with van der Waals surface area (Å²) in [6.07, 6.45) is 12.8. The molecule has 0 aromatic heterocycles. The third kappa shape index (κ3) is 5.61. The van der Waals surface area contributed by atoms with E-state index in [1.165, 1.54) is 64.2 Å². The Labute approximate surface area is 187 Å². The quantitative estimate of drug-likeness (QED) is 0.337. The van der Waals surface area contributed by atoms with Gasteiger partial charge in [0.2, 0.25) is 0 Å². The summed E-state index contributed by atoms with van der Waals surface area (Å²) < 4.78 is 0. The van der Waals surface area contributed by atoms with Crippen molar-refractivity contribution in [1.29, 1.82) is 5.41 Å². The molecular formula is C26H40N4O. The number of rotatable bonds is 5. The molecule has 3 saturated carbocycles. The molecule has 4 rings (SSSR count). The molecule has 0 saturated heterocycles. The van der Waals surface area contributed by atoms with Crippen molar-refractivity contribution in [3.63, 3.8) is 0 Å². The normalized spacial score (nSPS) is 31.0. The number of fused-ring (bicyclic) bond motifs is 2. The van der Waals surface area contributed by atoms with E-state index in [0.29, 0.717) is 11.6 Å². The fraction of sp³-hybridized carbons (Fsp3) is 0.692. The summed E-state index contributed by atoms with van der Waals surface area (Å²) >= 11 is 0. The van der Waals surface area contributed by atoms with Gasteiger partial charge in [-0.3, -0.25) is 10.2 Å². The van der Waals surface area contributed by atoms with Crippen molar-refractivity contribution in [3.05, 3.63) is 23.8 Å². The van der Waals surface area contributed by atoms with Crippen molar-refractivity contribution < 1.29 is 4.79 Å². The summed E-state index contributed by atoms with van der Waals surface area (Å²) in [4.78, 5) is 12.5. The molecule has 0 heterocycles. The van der Waals surface area contributed by atoms with E-state index in [1.54, 1.807) is 6.92 Å². The van der Waals surface area contributed by atoms with E-state index >= 15 is 0 Å². The van der Waals surface area contributed by atoms with Crippen LogP contribution in [0, 0.1) is 23.2 Å². The molecule has 2 atom stereocenters. The zero-order chi connectivity index (χ0) is 22.0. The van der Waals surface area contributed by atoms with Crippen LogP contribution in [0.2, 0.25) is 0 Å². The van der Waals surface area contributed by atoms with Crippen LogP contribution >= 0.6 is 0 Å². The first-order chi connectivity index (χ1) is 14.8. The average Bonchev–Trinajstić information content (AvgIpc) is 2.68. The van der Waals surface area contributed by atoms with Gasteiger partial charge in [0.05, 0.1) is 17.2 Å². The molecule has 31 heavy (non-hydrogen) atoms. The van der Waals surface area contributed by atoms with E-state index in [-0.39, 0.29) is 17.3 Å². The van der Waals surface area contributed by atoms with E-state index < -0.39 is 0 Å². The minimum absolute atomic E-state index is 0.103. The number of hydrogen-bond acceptors (Lipinski definition) is 4. The molecule has 0 spiro atoms. The molecule has 1 aromatic carbocycles. The maximum atomic E-state index is 12.5. The van der Waals surface area contributed by atoms with Gasteiger partial charge in [0.1, 0.15) is 0 Å². The van der Waals surface area contributed by atoms with Gasteiger partial charge in [-0.05, 0) is 94.7 Å². The van der Waals surface area contributed by atoms with Crippen LogP contribution in [0.25, 0.3) is 0 Å². The molecule has 0 aliphatic heterocycles. The highest BCUT2D eigenvalue weighted by Crippen LogP contribution is 2.48. The first-order valence-electron chi connectivity index (χ1n) is 12.3. The molecule has 0 radical (unpaired) electrons. The second-order valence-electron chi connectivity index (χ2n) is 11.0. The Morgan fingerprint density at radius 1 is 1.03 bits per heavy atom. The van der Waals surface area contributed by atoms with Crippen molar-refractivity contribution in [3.8, 4) is 0 Å². The van der Waals surface area contributed by atoms with Crippen LogP contribution in [0.5, 0.6) is 0 Å². The zero-order valence-electron chi connectivity index (χ0n) is 19.5. The van der Waals surface area contributed by atoms with Crippen LogP contribution in [0.1, 0.15) is 95.3 Å². The molecule has 1 amide bonds. The maximum absolute atomic E-state index is 12.5. The summed E-state index contributed by atoms with van der Waals surface area (Å²) in [6, 6.07) is 6.40. The van der Waals surface area contributed by atoms with Crippen LogP contribution in [-0.2, 0) is 0 Å². The van der Waals surface area contributed by atoms with Gasteiger partial charge >= 0.3 is 0 Å². The van der Waals surface area contributed by atoms with E-state index in [0.717, 1.165) is 29.1 Å². The predicted molar refractivity (Wildman–Crippen MR) is 129 cm³/mol. The largest absolute Gasteiger partial charge is 0.381 e. The lowest BCUT2D eigenvalue weighted by atomic mass is 9.62. The second-order valence-corrected chi connectivity index (χ2v) is 11.0. The predicted octanol–water partition coefficient (Wildman–Crippen LogP) is 6.17. The average molecular weight is 425 g/mol. The number of amides is 1. The third-order valence-corrected chi connectivity index (χ3v) is 7.60. The van der Waals surface area contributed by atoms with Gasteiger partial charge < -0.3 is 16.0 Å². The van der Waals surface area contributed by atoms with Gasteiger partial charge in [0, 0.05) is 17.1 Å². The molecule has 1 aromatic rings. The van der Waals surface area contributed by atoms with Crippen molar-refractivity contribution in [2.24, 2.45) is 17.8 Å². The highest BCUT2D eigenvalue weighted by Gasteiger charge is 2.41. The van der Waals surface area contributed by atoms with E-state index in [9.17, 15) is 4.79 Å². The Hall–Kier alpha value is -2.04. The van der Waals surface area contributed by atoms with Gasteiger partial charge in [0.25, 0.3) is 5.91 Å². The van der Waals surface area contributed by atoms with Crippen LogP contribution in [0.3, 0.4) is 0 Å². The summed E-state index contributed by atoms with van der Waals surface area (Å²) in [5, 5.41) is 17.9. The molecule has 5 nitrogen and oxygen atoms in total. The number of carbonyl (C=O) groups excluding carboxylic acids is 1. The lowest BCUT2D eigenvalue weighted by molar-refractivity contribution is 0.0976. The fourth-order valence-corrected chi connectivity index (χ4v) is 6.64. The molecule has 3 aliphatic carbocycles. The number of anilines is 2. The van der Waals surface area contributed by atoms with Crippen LogP contribution in [0.15, 0.2) is 18.2 Å². The van der Waals surface area contributed by atoms with E-state index in [4.69, 9.17) is 5.41 Å². The zero-order valence-corrected chi connectivity index (χ0v) is 19.5. The van der Waals surface area contributed by atoms with Gasteiger partial charge in [-0.2, -0.15) is 0 Å². The first kappa shape index (κ1) is 22.2. The standard InChI is InChI=1S/C26H40N4O/c1-17-11-19-13-20(12-17)16-26(3,15-19)30-23-10-9-21(25(31)28-18(2)27)14-24(23)29-22-7-5-4-6-8-22/h9-10,14,17,19-20,22,29-30H,4-8,11-13,15-16H2,1-3H3,(H2,27,28,31). The Balaban J connectivity index is 1.56. The molecule has 4 N–H and O–H groups in total. The Kier molecular flexibility index (Phi) is 6.59. The van der Waals surface area contributed by atoms with Crippen molar-refractivity contribution in [2.75, 3.05) is 10.6 Å². The van der Waals surface area contributed by atoms with Crippen molar-refractivity contribution in [2.45, 2.75) is 96.6 Å². The van der Waals surface area contributed by atoms with E-state index in [2.05, 4.69) is 35.9 Å². The van der Waals surface area contributed by atoms with Crippen molar-refractivity contribution >= 4 is 23.1 Å². The molecule has 5 heteroatoms. The SMILES string of the molecule is CC(=N)NC(=O)c1ccc(NC2(C)CC3CC(C)CC(C3)C2)c(NC2CCCCC2)c1. The molecule has 2 bridgehead atoms.